The molecule has 0 spiro atoms. The molecule has 0 aliphatic rings. The molecular weight excluding hydrogens is 179 g/mol. The zero-order valence-electron chi connectivity index (χ0n) is 8.05. The smallest absolute Gasteiger partial charge is 0.123 e. The van der Waals surface area contributed by atoms with Gasteiger partial charge in [-0.3, -0.25) is 0 Å². The van der Waals surface area contributed by atoms with E-state index in [0.29, 0.717) is 0 Å². The molecule has 14 heavy (non-hydrogen) atoms. The van der Waals surface area contributed by atoms with E-state index in [2.05, 4.69) is 4.98 Å². The number of halogens is 1. The standard InChI is InChI=1S/C11H13FN2/c1-2-10(13)9-6-14-11-4-3-7(12)5-8(9)11/h3-6,10,14H,2,13H2,1H3/t10-/m0/s1. The first-order valence-corrected chi connectivity index (χ1v) is 4.74. The third-order valence-electron chi connectivity index (χ3n) is 2.52. The lowest BCUT2D eigenvalue weighted by atomic mass is 10.0. The average molecular weight is 192 g/mol. The summed E-state index contributed by atoms with van der Waals surface area (Å²) in [7, 11) is 0. The molecule has 1 heterocycles. The van der Waals surface area contributed by atoms with Gasteiger partial charge in [0.15, 0.2) is 0 Å². The molecule has 1 atom stereocenters. The summed E-state index contributed by atoms with van der Waals surface area (Å²) in [5.41, 5.74) is 7.84. The number of H-pyrrole nitrogens is 1. The minimum Gasteiger partial charge on any atom is -0.361 e. The Hall–Kier alpha value is -1.35. The van der Waals surface area contributed by atoms with E-state index in [9.17, 15) is 4.39 Å². The van der Waals surface area contributed by atoms with Crippen LogP contribution in [0.2, 0.25) is 0 Å². The van der Waals surface area contributed by atoms with Gasteiger partial charge in [0.1, 0.15) is 5.82 Å². The number of fused-ring (bicyclic) bond motifs is 1. The van der Waals surface area contributed by atoms with Gasteiger partial charge in [0.25, 0.3) is 0 Å². The summed E-state index contributed by atoms with van der Waals surface area (Å²) in [6.07, 6.45) is 2.71. The van der Waals surface area contributed by atoms with E-state index in [4.69, 9.17) is 5.73 Å². The molecule has 1 aromatic heterocycles. The molecule has 2 rings (SSSR count). The van der Waals surface area contributed by atoms with Gasteiger partial charge >= 0.3 is 0 Å². The predicted octanol–water partition coefficient (Wildman–Crippen LogP) is 2.72. The monoisotopic (exact) mass is 192 g/mol. The van der Waals surface area contributed by atoms with Crippen LogP contribution in [-0.2, 0) is 0 Å². The molecule has 0 amide bonds. The number of rotatable bonds is 2. The lowest BCUT2D eigenvalue weighted by Gasteiger charge is -2.06. The van der Waals surface area contributed by atoms with Crippen LogP contribution in [0.4, 0.5) is 4.39 Å². The molecule has 2 nitrogen and oxygen atoms in total. The summed E-state index contributed by atoms with van der Waals surface area (Å²) in [5, 5.41) is 0.888. The van der Waals surface area contributed by atoms with E-state index < -0.39 is 0 Å². The molecule has 0 aliphatic carbocycles. The van der Waals surface area contributed by atoms with Gasteiger partial charge in [-0.05, 0) is 30.2 Å². The number of benzene rings is 1. The third kappa shape index (κ3) is 1.40. The molecule has 2 aromatic rings. The van der Waals surface area contributed by atoms with Crippen LogP contribution in [0, 0.1) is 5.82 Å². The molecule has 74 valence electrons. The molecule has 0 unspecified atom stereocenters. The first-order valence-electron chi connectivity index (χ1n) is 4.74. The number of aromatic nitrogens is 1. The molecule has 3 heteroatoms. The summed E-state index contributed by atoms with van der Waals surface area (Å²) in [6.45, 7) is 2.02. The van der Waals surface area contributed by atoms with E-state index >= 15 is 0 Å². The molecule has 0 aliphatic heterocycles. The van der Waals surface area contributed by atoms with Crippen molar-refractivity contribution in [3.05, 3.63) is 35.8 Å². The fourth-order valence-corrected chi connectivity index (χ4v) is 1.64. The maximum atomic E-state index is 13.0. The number of nitrogens with one attached hydrogen (secondary N) is 1. The van der Waals surface area contributed by atoms with Gasteiger partial charge in [0, 0.05) is 23.1 Å². The highest BCUT2D eigenvalue weighted by atomic mass is 19.1. The molecule has 0 radical (unpaired) electrons. The topological polar surface area (TPSA) is 41.8 Å². The highest BCUT2D eigenvalue weighted by Gasteiger charge is 2.09. The first kappa shape index (κ1) is 9.21. The number of aromatic amines is 1. The Labute approximate surface area is 81.9 Å². The quantitative estimate of drug-likeness (QED) is 0.754. The lowest BCUT2D eigenvalue weighted by Crippen LogP contribution is -2.07. The third-order valence-corrected chi connectivity index (χ3v) is 2.52. The second-order valence-electron chi connectivity index (χ2n) is 3.45. The molecule has 3 N–H and O–H groups in total. The zero-order chi connectivity index (χ0) is 10.1. The van der Waals surface area contributed by atoms with Gasteiger partial charge in [0.05, 0.1) is 0 Å². The summed E-state index contributed by atoms with van der Waals surface area (Å²) in [4.78, 5) is 3.08. The van der Waals surface area contributed by atoms with Gasteiger partial charge in [-0.25, -0.2) is 4.39 Å². The average Bonchev–Trinajstić information content (AvgIpc) is 2.59. The van der Waals surface area contributed by atoms with Crippen molar-refractivity contribution in [2.24, 2.45) is 5.73 Å². The predicted molar refractivity (Wildman–Crippen MR) is 55.5 cm³/mol. The fourth-order valence-electron chi connectivity index (χ4n) is 1.64. The Morgan fingerprint density at radius 3 is 3.00 bits per heavy atom. The van der Waals surface area contributed by atoms with Crippen molar-refractivity contribution in [1.82, 2.24) is 4.98 Å². The minimum atomic E-state index is -0.221. The van der Waals surface area contributed by atoms with Gasteiger partial charge < -0.3 is 10.7 Å². The maximum Gasteiger partial charge on any atom is 0.123 e. The molecule has 0 fully saturated rings. The van der Waals surface area contributed by atoms with Crippen LogP contribution < -0.4 is 5.73 Å². The summed E-state index contributed by atoms with van der Waals surface area (Å²) < 4.78 is 13.0. The van der Waals surface area contributed by atoms with Crippen LogP contribution in [0.1, 0.15) is 24.9 Å². The lowest BCUT2D eigenvalue weighted by molar-refractivity contribution is 0.629. The van der Waals surface area contributed by atoms with Crippen LogP contribution in [0.5, 0.6) is 0 Å². The SMILES string of the molecule is CC[C@H](N)c1c[nH]c2ccc(F)cc12. The summed E-state index contributed by atoms with van der Waals surface area (Å²) in [5.74, 6) is -0.221. The summed E-state index contributed by atoms with van der Waals surface area (Å²) >= 11 is 0. The van der Waals surface area contributed by atoms with Crippen molar-refractivity contribution in [1.29, 1.82) is 0 Å². The zero-order valence-corrected chi connectivity index (χ0v) is 8.05. The highest BCUT2D eigenvalue weighted by molar-refractivity contribution is 5.83. The normalized spacial score (nSPS) is 13.4. The second-order valence-corrected chi connectivity index (χ2v) is 3.45. The molecular formula is C11H13FN2. The van der Waals surface area contributed by atoms with Crippen molar-refractivity contribution >= 4 is 10.9 Å². The van der Waals surface area contributed by atoms with E-state index in [1.54, 1.807) is 6.07 Å². The van der Waals surface area contributed by atoms with Gasteiger partial charge in [0.2, 0.25) is 0 Å². The van der Waals surface area contributed by atoms with E-state index in [-0.39, 0.29) is 11.9 Å². The van der Waals surface area contributed by atoms with Crippen molar-refractivity contribution in [3.8, 4) is 0 Å². The summed E-state index contributed by atoms with van der Waals surface area (Å²) in [6, 6.07) is 4.68. The minimum absolute atomic E-state index is 0.0226. The molecule has 0 saturated carbocycles. The Bertz CT molecular complexity index is 447. The first-order chi connectivity index (χ1) is 6.72. The van der Waals surface area contributed by atoms with Crippen LogP contribution >= 0.6 is 0 Å². The maximum absolute atomic E-state index is 13.0. The van der Waals surface area contributed by atoms with Crippen molar-refractivity contribution < 1.29 is 4.39 Å². The van der Waals surface area contributed by atoms with Gasteiger partial charge in [-0.15, -0.1) is 0 Å². The number of hydrogen-bond acceptors (Lipinski definition) is 1. The van der Waals surface area contributed by atoms with E-state index in [0.717, 1.165) is 22.9 Å². The Morgan fingerprint density at radius 2 is 2.29 bits per heavy atom. The Morgan fingerprint density at radius 1 is 1.50 bits per heavy atom. The van der Waals surface area contributed by atoms with Crippen LogP contribution in [0.3, 0.4) is 0 Å². The van der Waals surface area contributed by atoms with Crippen LogP contribution in [-0.4, -0.2) is 4.98 Å². The Kier molecular flexibility index (Phi) is 2.25. The van der Waals surface area contributed by atoms with Crippen molar-refractivity contribution in [3.63, 3.8) is 0 Å². The second kappa shape index (κ2) is 3.42. The van der Waals surface area contributed by atoms with Crippen LogP contribution in [0.25, 0.3) is 10.9 Å². The largest absolute Gasteiger partial charge is 0.361 e. The number of hydrogen-bond donors (Lipinski definition) is 2. The van der Waals surface area contributed by atoms with Gasteiger partial charge in [-0.2, -0.15) is 0 Å². The van der Waals surface area contributed by atoms with Gasteiger partial charge in [-0.1, -0.05) is 6.92 Å². The van der Waals surface area contributed by atoms with Crippen LogP contribution in [0.15, 0.2) is 24.4 Å². The van der Waals surface area contributed by atoms with E-state index in [1.807, 2.05) is 13.1 Å². The van der Waals surface area contributed by atoms with Crippen molar-refractivity contribution in [2.45, 2.75) is 19.4 Å². The highest BCUT2D eigenvalue weighted by Crippen LogP contribution is 2.24. The van der Waals surface area contributed by atoms with E-state index in [1.165, 1.54) is 12.1 Å². The molecule has 1 aromatic carbocycles. The fraction of sp³-hybridized carbons (Fsp3) is 0.273. The molecule has 0 bridgehead atoms. The molecule has 0 saturated heterocycles. The Balaban J connectivity index is 2.61. The number of nitrogens with two attached hydrogens (primary N) is 1. The van der Waals surface area contributed by atoms with Crippen molar-refractivity contribution in [2.75, 3.05) is 0 Å².